The van der Waals surface area contributed by atoms with E-state index < -0.39 is 11.9 Å². The number of hydrogen-bond acceptors (Lipinski definition) is 4. The lowest BCUT2D eigenvalue weighted by Gasteiger charge is -2.08. The lowest BCUT2D eigenvalue weighted by molar-refractivity contribution is -0.137. The highest BCUT2D eigenvalue weighted by Crippen LogP contribution is 2.14. The number of carboxylic acid groups (broad SMARTS) is 1. The highest BCUT2D eigenvalue weighted by atomic mass is 16.5. The lowest BCUT2D eigenvalue weighted by Crippen LogP contribution is -2.10. The maximum Gasteiger partial charge on any atom is 0.335 e. The summed E-state index contributed by atoms with van der Waals surface area (Å²) >= 11 is 0. The topological polar surface area (TPSA) is 80.7 Å². The zero-order valence-electron chi connectivity index (χ0n) is 10.8. The molecule has 1 aromatic rings. The van der Waals surface area contributed by atoms with Crippen LogP contribution in [0.5, 0.6) is 0 Å². The van der Waals surface area contributed by atoms with Gasteiger partial charge in [0.1, 0.15) is 0 Å². The van der Waals surface area contributed by atoms with E-state index in [4.69, 9.17) is 9.84 Å². The van der Waals surface area contributed by atoms with Crippen LogP contribution in [0.2, 0.25) is 0 Å². The van der Waals surface area contributed by atoms with Gasteiger partial charge in [-0.25, -0.2) is 9.59 Å². The van der Waals surface area contributed by atoms with Crippen LogP contribution in [0.4, 0.5) is 0 Å². The summed E-state index contributed by atoms with van der Waals surface area (Å²) in [5.41, 5.74) is 0.831. The van der Waals surface area contributed by atoms with Crippen LogP contribution in [-0.4, -0.2) is 29.4 Å². The molecule has 0 saturated carbocycles. The van der Waals surface area contributed by atoms with Crippen molar-refractivity contribution in [2.24, 2.45) is 0 Å². The fourth-order valence-electron chi connectivity index (χ4n) is 1.60. The number of carboxylic acids is 1. The van der Waals surface area contributed by atoms with Gasteiger partial charge >= 0.3 is 11.9 Å². The molecule has 1 rings (SSSR count). The van der Waals surface area contributed by atoms with E-state index in [1.165, 1.54) is 18.2 Å². The van der Waals surface area contributed by atoms with Crippen molar-refractivity contribution in [2.45, 2.75) is 6.42 Å². The number of esters is 1. The molecular formula is C15H14O5. The highest BCUT2D eigenvalue weighted by Gasteiger charge is 2.13. The molecule has 0 amide bonds. The zero-order valence-corrected chi connectivity index (χ0v) is 10.8. The predicted octanol–water partition coefficient (Wildman–Crippen LogP) is 2.03. The van der Waals surface area contributed by atoms with Crippen molar-refractivity contribution in [3.05, 3.63) is 60.2 Å². The molecule has 0 radical (unpaired) electrons. The molecule has 0 saturated heterocycles. The van der Waals surface area contributed by atoms with Gasteiger partial charge in [0, 0.05) is 18.1 Å². The number of carbonyl (C=O) groups is 3. The van der Waals surface area contributed by atoms with E-state index >= 15 is 0 Å². The van der Waals surface area contributed by atoms with E-state index in [0.717, 1.165) is 12.2 Å². The molecule has 0 aromatic heterocycles. The first-order valence-electron chi connectivity index (χ1n) is 5.81. The molecule has 0 aliphatic heterocycles. The maximum atomic E-state index is 11.5. The molecular weight excluding hydrogens is 260 g/mol. The number of hydrogen-bond donors (Lipinski definition) is 1. The van der Waals surface area contributed by atoms with Crippen LogP contribution < -0.4 is 0 Å². The number of carbonyl (C=O) groups excluding carboxylic acids is 2. The molecule has 0 aliphatic carbocycles. The largest absolute Gasteiger partial charge is 0.478 e. The zero-order chi connectivity index (χ0) is 15.1. The summed E-state index contributed by atoms with van der Waals surface area (Å²) in [4.78, 5) is 33.5. The highest BCUT2D eigenvalue weighted by molar-refractivity contribution is 6.05. The van der Waals surface area contributed by atoms with Crippen molar-refractivity contribution in [3.8, 4) is 0 Å². The van der Waals surface area contributed by atoms with E-state index in [0.29, 0.717) is 11.1 Å². The number of ketones is 1. The van der Waals surface area contributed by atoms with Gasteiger partial charge in [0.2, 0.25) is 0 Å². The van der Waals surface area contributed by atoms with Crippen LogP contribution >= 0.6 is 0 Å². The van der Waals surface area contributed by atoms with E-state index in [-0.39, 0.29) is 24.4 Å². The summed E-state index contributed by atoms with van der Waals surface area (Å²) in [6, 6.07) is 4.24. The Morgan fingerprint density at radius 1 is 1.20 bits per heavy atom. The van der Waals surface area contributed by atoms with E-state index in [9.17, 15) is 14.4 Å². The number of benzene rings is 1. The third kappa shape index (κ3) is 3.91. The molecule has 0 aliphatic rings. The van der Waals surface area contributed by atoms with Crippen LogP contribution in [0.1, 0.15) is 26.3 Å². The van der Waals surface area contributed by atoms with Gasteiger partial charge in [0.05, 0.1) is 12.2 Å². The van der Waals surface area contributed by atoms with Crippen molar-refractivity contribution in [1.82, 2.24) is 0 Å². The van der Waals surface area contributed by atoms with Crippen LogP contribution in [-0.2, 0) is 16.0 Å². The SMILES string of the molecule is C=CC(=O)OCCc1cc(C(=O)C=C)ccc1C(=O)O. The first kappa shape index (κ1) is 15.4. The van der Waals surface area contributed by atoms with Gasteiger partial charge in [-0.3, -0.25) is 4.79 Å². The molecule has 0 heterocycles. The third-order valence-corrected chi connectivity index (χ3v) is 2.59. The number of ether oxygens (including phenoxy) is 1. The van der Waals surface area contributed by atoms with Crippen molar-refractivity contribution in [3.63, 3.8) is 0 Å². The van der Waals surface area contributed by atoms with Crippen molar-refractivity contribution >= 4 is 17.7 Å². The standard InChI is InChI=1S/C15H14O5/c1-3-13(16)11-5-6-12(15(18)19)10(9-11)7-8-20-14(17)4-2/h3-6,9H,1-2,7-8H2,(H,18,19). The van der Waals surface area contributed by atoms with E-state index in [2.05, 4.69) is 13.2 Å². The Morgan fingerprint density at radius 2 is 1.90 bits per heavy atom. The Labute approximate surface area is 116 Å². The maximum absolute atomic E-state index is 11.5. The van der Waals surface area contributed by atoms with Crippen molar-refractivity contribution in [2.75, 3.05) is 6.61 Å². The first-order chi connectivity index (χ1) is 9.49. The summed E-state index contributed by atoms with van der Waals surface area (Å²) in [6.07, 6.45) is 2.37. The molecule has 0 bridgehead atoms. The van der Waals surface area contributed by atoms with Crippen LogP contribution in [0.25, 0.3) is 0 Å². The van der Waals surface area contributed by atoms with Gasteiger partial charge in [-0.15, -0.1) is 0 Å². The Morgan fingerprint density at radius 3 is 2.45 bits per heavy atom. The van der Waals surface area contributed by atoms with Gasteiger partial charge in [-0.05, 0) is 23.8 Å². The number of rotatable bonds is 7. The number of allylic oxidation sites excluding steroid dienone is 1. The van der Waals surface area contributed by atoms with Crippen LogP contribution in [0, 0.1) is 0 Å². The second-order valence-corrected chi connectivity index (χ2v) is 3.87. The molecule has 5 heteroatoms. The van der Waals surface area contributed by atoms with E-state index in [1.54, 1.807) is 0 Å². The van der Waals surface area contributed by atoms with Gasteiger partial charge in [-0.2, -0.15) is 0 Å². The molecule has 1 aromatic carbocycles. The van der Waals surface area contributed by atoms with Gasteiger partial charge < -0.3 is 9.84 Å². The second kappa shape index (κ2) is 7.04. The molecule has 0 atom stereocenters. The molecule has 0 spiro atoms. The minimum atomic E-state index is -1.10. The average Bonchev–Trinajstić information content (AvgIpc) is 2.45. The Kier molecular flexibility index (Phi) is 5.41. The summed E-state index contributed by atoms with van der Waals surface area (Å²) < 4.78 is 4.80. The fraction of sp³-hybridized carbons (Fsp3) is 0.133. The van der Waals surface area contributed by atoms with Crippen LogP contribution in [0.15, 0.2) is 43.5 Å². The molecule has 104 valence electrons. The summed E-state index contributed by atoms with van der Waals surface area (Å²) in [5.74, 6) is -1.99. The molecule has 20 heavy (non-hydrogen) atoms. The number of aromatic carboxylic acids is 1. The molecule has 0 unspecified atom stereocenters. The molecule has 5 nitrogen and oxygen atoms in total. The molecule has 1 N–H and O–H groups in total. The lowest BCUT2D eigenvalue weighted by atomic mass is 9.99. The van der Waals surface area contributed by atoms with Gasteiger partial charge in [-0.1, -0.05) is 19.2 Å². The Bertz CT molecular complexity index is 572. The minimum absolute atomic E-state index is 0.0108. The average molecular weight is 274 g/mol. The predicted molar refractivity (Wildman–Crippen MR) is 72.8 cm³/mol. The fourth-order valence-corrected chi connectivity index (χ4v) is 1.60. The quantitative estimate of drug-likeness (QED) is 0.467. The smallest absolute Gasteiger partial charge is 0.335 e. The summed E-state index contributed by atoms with van der Waals surface area (Å²) in [5, 5.41) is 9.08. The van der Waals surface area contributed by atoms with Crippen molar-refractivity contribution < 1.29 is 24.2 Å². The van der Waals surface area contributed by atoms with Crippen LogP contribution in [0.3, 0.4) is 0 Å². The van der Waals surface area contributed by atoms with Gasteiger partial charge in [0.15, 0.2) is 5.78 Å². The Balaban J connectivity index is 2.97. The Hall–Kier alpha value is -2.69. The minimum Gasteiger partial charge on any atom is -0.478 e. The summed E-state index contributed by atoms with van der Waals surface area (Å²) in [6.45, 7) is 6.64. The van der Waals surface area contributed by atoms with E-state index in [1.807, 2.05) is 0 Å². The summed E-state index contributed by atoms with van der Waals surface area (Å²) in [7, 11) is 0. The van der Waals surface area contributed by atoms with Crippen molar-refractivity contribution in [1.29, 1.82) is 0 Å². The normalized spacial score (nSPS) is 9.60. The monoisotopic (exact) mass is 274 g/mol. The van der Waals surface area contributed by atoms with Gasteiger partial charge in [0.25, 0.3) is 0 Å². The first-order valence-corrected chi connectivity index (χ1v) is 5.81. The second-order valence-electron chi connectivity index (χ2n) is 3.87. The third-order valence-electron chi connectivity index (χ3n) is 2.59. The molecule has 0 fully saturated rings.